The van der Waals surface area contributed by atoms with Gasteiger partial charge >= 0.3 is 5.69 Å². The lowest BCUT2D eigenvalue weighted by molar-refractivity contribution is 0.758. The van der Waals surface area contributed by atoms with Gasteiger partial charge in [-0.1, -0.05) is 59.7 Å². The van der Waals surface area contributed by atoms with E-state index in [-0.39, 0.29) is 5.69 Å². The van der Waals surface area contributed by atoms with E-state index < -0.39 is 0 Å². The molecule has 2 N–H and O–H groups in total. The van der Waals surface area contributed by atoms with Crippen LogP contribution in [-0.4, -0.2) is 14.9 Å². The molecule has 0 saturated heterocycles. The van der Waals surface area contributed by atoms with Gasteiger partial charge in [-0.3, -0.25) is 0 Å². The SMILES string of the molecule is Cc1ccc(CNn2c(Cc3ccc(C)cc3)n[nH]c2=O)cc1. The van der Waals surface area contributed by atoms with Crippen LogP contribution in [0.3, 0.4) is 0 Å². The average Bonchev–Trinajstić information content (AvgIpc) is 2.89. The molecule has 1 heterocycles. The fourth-order valence-electron chi connectivity index (χ4n) is 2.38. The minimum Gasteiger partial charge on any atom is -0.316 e. The summed E-state index contributed by atoms with van der Waals surface area (Å²) in [5, 5.41) is 6.63. The molecule has 5 nitrogen and oxygen atoms in total. The van der Waals surface area contributed by atoms with Crippen molar-refractivity contribution in [1.82, 2.24) is 14.9 Å². The minimum absolute atomic E-state index is 0.251. The highest BCUT2D eigenvalue weighted by Crippen LogP contribution is 2.08. The summed E-state index contributed by atoms with van der Waals surface area (Å²) in [5.41, 5.74) is 7.55. The Bertz CT molecular complexity index is 829. The van der Waals surface area contributed by atoms with Gasteiger partial charge in [-0.05, 0) is 25.0 Å². The second-order valence-corrected chi connectivity index (χ2v) is 5.76. The molecule has 0 atom stereocenters. The molecule has 2 aromatic carbocycles. The molecule has 3 rings (SSSR count). The molecule has 0 bridgehead atoms. The van der Waals surface area contributed by atoms with Gasteiger partial charge in [-0.15, -0.1) is 0 Å². The van der Waals surface area contributed by atoms with Crippen molar-refractivity contribution in [2.75, 3.05) is 5.43 Å². The van der Waals surface area contributed by atoms with Gasteiger partial charge in [0, 0.05) is 6.42 Å². The molecule has 23 heavy (non-hydrogen) atoms. The minimum atomic E-state index is -0.251. The molecule has 0 spiro atoms. The third kappa shape index (κ3) is 3.69. The number of benzene rings is 2. The predicted octanol–water partition coefficient (Wildman–Crippen LogP) is 2.52. The summed E-state index contributed by atoms with van der Waals surface area (Å²) in [6.07, 6.45) is 0.597. The van der Waals surface area contributed by atoms with Crippen LogP contribution in [0.4, 0.5) is 0 Å². The van der Waals surface area contributed by atoms with Crippen LogP contribution in [-0.2, 0) is 13.0 Å². The number of nitrogens with one attached hydrogen (secondary N) is 2. The number of hydrogen-bond donors (Lipinski definition) is 2. The molecule has 0 radical (unpaired) electrons. The monoisotopic (exact) mass is 308 g/mol. The van der Waals surface area contributed by atoms with Gasteiger partial charge in [0.05, 0.1) is 6.54 Å². The number of nitrogens with zero attached hydrogens (tertiary/aromatic N) is 2. The Hall–Kier alpha value is -2.82. The number of aromatic amines is 1. The van der Waals surface area contributed by atoms with Crippen LogP contribution in [0.15, 0.2) is 53.3 Å². The Kier molecular flexibility index (Phi) is 4.28. The number of rotatable bonds is 5. The van der Waals surface area contributed by atoms with Crippen molar-refractivity contribution in [2.45, 2.75) is 26.8 Å². The van der Waals surface area contributed by atoms with Gasteiger partial charge < -0.3 is 5.43 Å². The zero-order valence-corrected chi connectivity index (χ0v) is 13.3. The zero-order chi connectivity index (χ0) is 16.2. The maximum absolute atomic E-state index is 11.9. The summed E-state index contributed by atoms with van der Waals surface area (Å²) in [4.78, 5) is 11.9. The molecule has 0 unspecified atom stereocenters. The van der Waals surface area contributed by atoms with Crippen molar-refractivity contribution in [1.29, 1.82) is 0 Å². The largest absolute Gasteiger partial charge is 0.362 e. The quantitative estimate of drug-likeness (QED) is 0.761. The van der Waals surface area contributed by atoms with E-state index in [1.807, 2.05) is 12.1 Å². The first-order chi connectivity index (χ1) is 11.1. The molecule has 1 aromatic heterocycles. The van der Waals surface area contributed by atoms with Crippen LogP contribution in [0, 0.1) is 13.8 Å². The van der Waals surface area contributed by atoms with Crippen molar-refractivity contribution in [2.24, 2.45) is 0 Å². The number of hydrogen-bond acceptors (Lipinski definition) is 3. The summed E-state index contributed by atoms with van der Waals surface area (Å²) in [7, 11) is 0. The first kappa shape index (κ1) is 15.1. The number of H-pyrrole nitrogens is 1. The third-order valence-corrected chi connectivity index (χ3v) is 3.79. The fourth-order valence-corrected chi connectivity index (χ4v) is 2.38. The average molecular weight is 308 g/mol. The fraction of sp³-hybridized carbons (Fsp3) is 0.222. The standard InChI is InChI=1S/C18H20N4O/c1-13-3-7-15(8-4-13)11-17-20-21-18(23)22(17)19-12-16-9-5-14(2)6-10-16/h3-10,19H,11-12H2,1-2H3,(H,21,23). The van der Waals surface area contributed by atoms with E-state index in [0.717, 1.165) is 11.1 Å². The van der Waals surface area contributed by atoms with Crippen molar-refractivity contribution >= 4 is 0 Å². The van der Waals surface area contributed by atoms with Gasteiger partial charge in [0.25, 0.3) is 0 Å². The van der Waals surface area contributed by atoms with Gasteiger partial charge in [-0.25, -0.2) is 9.89 Å². The first-order valence-electron chi connectivity index (χ1n) is 7.63. The van der Waals surface area contributed by atoms with Crippen molar-refractivity contribution in [3.63, 3.8) is 0 Å². The molecule has 0 amide bonds. The summed E-state index contributed by atoms with van der Waals surface area (Å²) in [6.45, 7) is 4.68. The van der Waals surface area contributed by atoms with Gasteiger partial charge in [0.15, 0.2) is 5.82 Å². The maximum Gasteiger partial charge on any atom is 0.362 e. The Morgan fingerprint density at radius 3 is 2.13 bits per heavy atom. The van der Waals surface area contributed by atoms with E-state index >= 15 is 0 Å². The summed E-state index contributed by atoms with van der Waals surface area (Å²) < 4.78 is 1.49. The normalized spacial score (nSPS) is 10.7. The Morgan fingerprint density at radius 2 is 1.52 bits per heavy atom. The summed E-state index contributed by atoms with van der Waals surface area (Å²) >= 11 is 0. The van der Waals surface area contributed by atoms with Gasteiger partial charge in [-0.2, -0.15) is 9.77 Å². The van der Waals surface area contributed by atoms with Crippen LogP contribution < -0.4 is 11.1 Å². The highest BCUT2D eigenvalue weighted by Gasteiger charge is 2.09. The van der Waals surface area contributed by atoms with Crippen LogP contribution in [0.5, 0.6) is 0 Å². The molecule has 118 valence electrons. The van der Waals surface area contributed by atoms with Crippen LogP contribution in [0.1, 0.15) is 28.1 Å². The number of aryl methyl sites for hydroxylation is 2. The second kappa shape index (κ2) is 6.52. The highest BCUT2D eigenvalue weighted by atomic mass is 16.2. The molecule has 5 heteroatoms. The van der Waals surface area contributed by atoms with Crippen molar-refractivity contribution in [3.05, 3.63) is 87.1 Å². The molecular weight excluding hydrogens is 288 g/mol. The van der Waals surface area contributed by atoms with Crippen molar-refractivity contribution < 1.29 is 0 Å². The third-order valence-electron chi connectivity index (χ3n) is 3.79. The number of aromatic nitrogens is 3. The molecule has 0 aliphatic heterocycles. The predicted molar refractivity (Wildman–Crippen MR) is 91.1 cm³/mol. The molecule has 0 saturated carbocycles. The maximum atomic E-state index is 11.9. The Morgan fingerprint density at radius 1 is 0.957 bits per heavy atom. The molecule has 0 fully saturated rings. The van der Waals surface area contributed by atoms with E-state index in [0.29, 0.717) is 18.8 Å². The summed E-state index contributed by atoms with van der Waals surface area (Å²) in [6, 6.07) is 16.4. The molecule has 0 aliphatic carbocycles. The zero-order valence-electron chi connectivity index (χ0n) is 13.3. The second-order valence-electron chi connectivity index (χ2n) is 5.76. The van der Waals surface area contributed by atoms with E-state index in [9.17, 15) is 4.79 Å². The van der Waals surface area contributed by atoms with Gasteiger partial charge in [0.2, 0.25) is 0 Å². The van der Waals surface area contributed by atoms with Crippen molar-refractivity contribution in [3.8, 4) is 0 Å². The molecule has 3 aromatic rings. The molecular formula is C18H20N4O. The summed E-state index contributed by atoms with van der Waals surface area (Å²) in [5.74, 6) is 0.672. The Labute approximate surface area is 135 Å². The van der Waals surface area contributed by atoms with Crippen LogP contribution >= 0.6 is 0 Å². The van der Waals surface area contributed by atoms with Crippen LogP contribution in [0.2, 0.25) is 0 Å². The van der Waals surface area contributed by atoms with E-state index in [1.165, 1.54) is 15.8 Å². The Balaban J connectivity index is 1.74. The van der Waals surface area contributed by atoms with E-state index in [4.69, 9.17) is 0 Å². The van der Waals surface area contributed by atoms with E-state index in [1.54, 1.807) is 0 Å². The highest BCUT2D eigenvalue weighted by molar-refractivity contribution is 5.24. The lowest BCUT2D eigenvalue weighted by Crippen LogP contribution is -2.28. The lowest BCUT2D eigenvalue weighted by atomic mass is 10.1. The van der Waals surface area contributed by atoms with Crippen LogP contribution in [0.25, 0.3) is 0 Å². The van der Waals surface area contributed by atoms with Gasteiger partial charge in [0.1, 0.15) is 0 Å². The smallest absolute Gasteiger partial charge is 0.316 e. The first-order valence-corrected chi connectivity index (χ1v) is 7.63. The molecule has 0 aliphatic rings. The topological polar surface area (TPSA) is 62.7 Å². The lowest BCUT2D eigenvalue weighted by Gasteiger charge is -2.09. The van der Waals surface area contributed by atoms with E-state index in [2.05, 4.69) is 65.9 Å².